The second kappa shape index (κ2) is 4.18. The zero-order valence-corrected chi connectivity index (χ0v) is 9.90. The molecule has 3 heteroatoms. The zero-order chi connectivity index (χ0) is 11.7. The second-order valence-electron chi connectivity index (χ2n) is 3.75. The van der Waals surface area contributed by atoms with Crippen molar-refractivity contribution in [3.05, 3.63) is 57.0 Å². The lowest BCUT2D eigenvalue weighted by Gasteiger charge is -2.06. The summed E-state index contributed by atoms with van der Waals surface area (Å²) in [6, 6.07) is 6.73. The summed E-state index contributed by atoms with van der Waals surface area (Å²) < 4.78 is 13.7. The summed E-state index contributed by atoms with van der Waals surface area (Å²) in [5.41, 5.74) is 1.71. The van der Waals surface area contributed by atoms with Crippen molar-refractivity contribution >= 4 is 17.1 Å². The summed E-state index contributed by atoms with van der Waals surface area (Å²) >= 11 is 1.33. The minimum Gasteiger partial charge on any atom is -0.288 e. The third-order valence-corrected chi connectivity index (χ3v) is 3.27. The largest absolute Gasteiger partial charge is 0.288 e. The molecule has 0 aliphatic heterocycles. The van der Waals surface area contributed by atoms with Gasteiger partial charge in [0.15, 0.2) is 0 Å². The van der Waals surface area contributed by atoms with E-state index in [0.29, 0.717) is 10.4 Å². The normalized spacial score (nSPS) is 10.4. The lowest BCUT2D eigenvalue weighted by Crippen LogP contribution is -2.05. The van der Waals surface area contributed by atoms with Crippen LogP contribution in [0, 0.1) is 19.7 Å². The van der Waals surface area contributed by atoms with Crippen molar-refractivity contribution in [2.75, 3.05) is 0 Å². The molecule has 0 amide bonds. The molecule has 1 aromatic carbocycles. The van der Waals surface area contributed by atoms with Crippen LogP contribution in [-0.2, 0) is 0 Å². The Bertz CT molecular complexity index is 506. The molecule has 0 N–H and O–H groups in total. The van der Waals surface area contributed by atoms with Gasteiger partial charge in [0, 0.05) is 0 Å². The van der Waals surface area contributed by atoms with Crippen LogP contribution in [0.3, 0.4) is 0 Å². The first-order chi connectivity index (χ1) is 7.59. The van der Waals surface area contributed by atoms with E-state index in [2.05, 4.69) is 0 Å². The van der Waals surface area contributed by atoms with Gasteiger partial charge in [-0.1, -0.05) is 12.1 Å². The maximum absolute atomic E-state index is 13.7. The van der Waals surface area contributed by atoms with Gasteiger partial charge in [-0.2, -0.15) is 0 Å². The molecule has 0 unspecified atom stereocenters. The first kappa shape index (κ1) is 11.0. The Morgan fingerprint density at radius 2 is 2.06 bits per heavy atom. The van der Waals surface area contributed by atoms with E-state index >= 15 is 0 Å². The van der Waals surface area contributed by atoms with E-state index in [4.69, 9.17) is 0 Å². The van der Waals surface area contributed by atoms with Crippen molar-refractivity contribution in [2.45, 2.75) is 13.8 Å². The lowest BCUT2D eigenvalue weighted by atomic mass is 10.0. The summed E-state index contributed by atoms with van der Waals surface area (Å²) in [5, 5.41) is 1.81. The van der Waals surface area contributed by atoms with Crippen LogP contribution < -0.4 is 0 Å². The summed E-state index contributed by atoms with van der Waals surface area (Å²) in [7, 11) is 0. The van der Waals surface area contributed by atoms with E-state index in [0.717, 1.165) is 5.56 Å². The summed E-state index contributed by atoms with van der Waals surface area (Å²) in [6.45, 7) is 3.58. The molecule has 16 heavy (non-hydrogen) atoms. The Morgan fingerprint density at radius 3 is 2.62 bits per heavy atom. The molecule has 0 aliphatic rings. The second-order valence-corrected chi connectivity index (χ2v) is 4.69. The minimum atomic E-state index is -0.434. The molecule has 1 heterocycles. The van der Waals surface area contributed by atoms with E-state index < -0.39 is 5.82 Å². The van der Waals surface area contributed by atoms with Crippen LogP contribution in [0.5, 0.6) is 0 Å². The highest BCUT2D eigenvalue weighted by Crippen LogP contribution is 2.21. The van der Waals surface area contributed by atoms with Gasteiger partial charge in [-0.3, -0.25) is 4.79 Å². The molecular weight excluding hydrogens is 223 g/mol. The number of halogens is 1. The molecule has 0 spiro atoms. The minimum absolute atomic E-state index is 0.188. The number of ketones is 1. The molecule has 0 radical (unpaired) electrons. The molecule has 82 valence electrons. The topological polar surface area (TPSA) is 17.1 Å². The fourth-order valence-electron chi connectivity index (χ4n) is 1.73. The highest BCUT2D eigenvalue weighted by molar-refractivity contribution is 7.12. The Labute approximate surface area is 97.6 Å². The maximum atomic E-state index is 13.7. The van der Waals surface area contributed by atoms with Gasteiger partial charge in [-0.05, 0) is 42.5 Å². The SMILES string of the molecule is Cc1cc(C)c(C(=O)c2cccs2)c(F)c1. The molecular formula is C13H11FOS. The monoisotopic (exact) mass is 234 g/mol. The number of rotatable bonds is 2. The van der Waals surface area contributed by atoms with E-state index in [1.54, 1.807) is 19.1 Å². The van der Waals surface area contributed by atoms with Crippen molar-refractivity contribution in [2.24, 2.45) is 0 Å². The van der Waals surface area contributed by atoms with Gasteiger partial charge >= 0.3 is 0 Å². The third kappa shape index (κ3) is 1.91. The Hall–Kier alpha value is -1.48. The van der Waals surface area contributed by atoms with Gasteiger partial charge in [0.25, 0.3) is 0 Å². The summed E-state index contributed by atoms with van der Waals surface area (Å²) in [6.07, 6.45) is 0. The fraction of sp³-hybridized carbons (Fsp3) is 0.154. The fourth-order valence-corrected chi connectivity index (χ4v) is 2.40. The van der Waals surface area contributed by atoms with E-state index in [1.165, 1.54) is 17.4 Å². The maximum Gasteiger partial charge on any atom is 0.206 e. The predicted octanol–water partition coefficient (Wildman–Crippen LogP) is 3.74. The van der Waals surface area contributed by atoms with E-state index in [-0.39, 0.29) is 11.3 Å². The van der Waals surface area contributed by atoms with Crippen molar-refractivity contribution in [3.63, 3.8) is 0 Å². The Balaban J connectivity index is 2.53. The summed E-state index contributed by atoms with van der Waals surface area (Å²) in [5.74, 6) is -0.666. The Kier molecular flexibility index (Phi) is 2.88. The number of aryl methyl sites for hydroxylation is 2. The van der Waals surface area contributed by atoms with Crippen molar-refractivity contribution in [1.29, 1.82) is 0 Å². The molecule has 0 aliphatic carbocycles. The van der Waals surface area contributed by atoms with Gasteiger partial charge in [0.2, 0.25) is 5.78 Å². The number of thiophene rings is 1. The first-order valence-electron chi connectivity index (χ1n) is 4.94. The molecule has 0 bridgehead atoms. The van der Waals surface area contributed by atoms with Crippen LogP contribution in [0.15, 0.2) is 29.6 Å². The number of carbonyl (C=O) groups is 1. The average Bonchev–Trinajstić information content (AvgIpc) is 2.67. The molecule has 2 aromatic rings. The van der Waals surface area contributed by atoms with Crippen LogP contribution >= 0.6 is 11.3 Å². The van der Waals surface area contributed by atoms with Gasteiger partial charge in [0.05, 0.1) is 10.4 Å². The van der Waals surface area contributed by atoms with Crippen LogP contribution in [0.2, 0.25) is 0 Å². The smallest absolute Gasteiger partial charge is 0.206 e. The number of hydrogen-bond donors (Lipinski definition) is 0. The third-order valence-electron chi connectivity index (χ3n) is 2.40. The number of carbonyl (C=O) groups excluding carboxylic acids is 1. The number of hydrogen-bond acceptors (Lipinski definition) is 2. The molecule has 0 saturated carbocycles. The van der Waals surface area contributed by atoms with Crippen LogP contribution in [0.1, 0.15) is 26.4 Å². The quantitative estimate of drug-likeness (QED) is 0.723. The van der Waals surface area contributed by atoms with Crippen molar-refractivity contribution in [3.8, 4) is 0 Å². The van der Waals surface area contributed by atoms with E-state index in [1.807, 2.05) is 18.4 Å². The molecule has 2 rings (SSSR count). The zero-order valence-electron chi connectivity index (χ0n) is 9.08. The predicted molar refractivity (Wildman–Crippen MR) is 63.6 cm³/mol. The van der Waals surface area contributed by atoms with Crippen molar-refractivity contribution in [1.82, 2.24) is 0 Å². The van der Waals surface area contributed by atoms with Gasteiger partial charge in [-0.15, -0.1) is 11.3 Å². The van der Waals surface area contributed by atoms with Crippen LogP contribution in [0.25, 0.3) is 0 Å². The molecule has 1 nitrogen and oxygen atoms in total. The van der Waals surface area contributed by atoms with Gasteiger partial charge in [0.1, 0.15) is 5.82 Å². The Morgan fingerprint density at radius 1 is 1.31 bits per heavy atom. The standard InChI is InChI=1S/C13H11FOS/c1-8-6-9(2)12(10(14)7-8)13(15)11-4-3-5-16-11/h3-7H,1-2H3. The lowest BCUT2D eigenvalue weighted by molar-refractivity contribution is 0.103. The highest BCUT2D eigenvalue weighted by Gasteiger charge is 2.17. The van der Waals surface area contributed by atoms with Crippen LogP contribution in [0.4, 0.5) is 4.39 Å². The van der Waals surface area contributed by atoms with Gasteiger partial charge in [-0.25, -0.2) is 4.39 Å². The summed E-state index contributed by atoms with van der Waals surface area (Å²) in [4.78, 5) is 12.6. The highest BCUT2D eigenvalue weighted by atomic mass is 32.1. The molecule has 0 fully saturated rings. The molecule has 0 atom stereocenters. The molecule has 1 aromatic heterocycles. The van der Waals surface area contributed by atoms with E-state index in [9.17, 15) is 9.18 Å². The van der Waals surface area contributed by atoms with Gasteiger partial charge < -0.3 is 0 Å². The van der Waals surface area contributed by atoms with Crippen molar-refractivity contribution < 1.29 is 9.18 Å². The number of benzene rings is 1. The molecule has 0 saturated heterocycles. The average molecular weight is 234 g/mol. The first-order valence-corrected chi connectivity index (χ1v) is 5.82. The van der Waals surface area contributed by atoms with Crippen LogP contribution in [-0.4, -0.2) is 5.78 Å².